The molecule has 118 valence electrons. The molecule has 4 atom stereocenters. The zero-order valence-corrected chi connectivity index (χ0v) is 12.8. The first-order chi connectivity index (χ1) is 9.81. The monoisotopic (exact) mass is 295 g/mol. The van der Waals surface area contributed by atoms with Crippen LogP contribution in [-0.4, -0.2) is 47.6 Å². The van der Waals surface area contributed by atoms with Crippen LogP contribution in [0.2, 0.25) is 0 Å². The lowest BCUT2D eigenvalue weighted by Gasteiger charge is -2.62. The molecule has 2 heterocycles. The van der Waals surface area contributed by atoms with E-state index in [9.17, 15) is 9.59 Å². The minimum atomic E-state index is -0.945. The number of likely N-dealkylation sites (tertiary alicyclic amines) is 1. The molecule has 3 rings (SSSR count). The molecule has 0 radical (unpaired) electrons. The molecule has 4 N–H and O–H groups in total. The molecule has 2 amide bonds. The number of nitrogens with zero attached hydrogens (tertiary/aromatic N) is 1. The van der Waals surface area contributed by atoms with E-state index in [0.717, 1.165) is 19.3 Å². The SMILES string of the molecule is CC1(C)C2OCCC2C1(N)C(=O)N1CCCCC1C(N)=O. The molecule has 6 heteroatoms. The van der Waals surface area contributed by atoms with Crippen molar-refractivity contribution in [1.29, 1.82) is 0 Å². The number of carbonyl (C=O) groups excluding carboxylic acids is 2. The maximum absolute atomic E-state index is 13.1. The van der Waals surface area contributed by atoms with Gasteiger partial charge in [0.1, 0.15) is 11.6 Å². The maximum atomic E-state index is 13.1. The minimum Gasteiger partial charge on any atom is -0.377 e. The third-order valence-corrected chi connectivity index (χ3v) is 5.90. The van der Waals surface area contributed by atoms with Gasteiger partial charge in [0.05, 0.1) is 6.10 Å². The third-order valence-electron chi connectivity index (χ3n) is 5.90. The minimum absolute atomic E-state index is 0.0447. The summed E-state index contributed by atoms with van der Waals surface area (Å²) in [7, 11) is 0. The van der Waals surface area contributed by atoms with Crippen molar-refractivity contribution in [2.45, 2.75) is 57.2 Å². The van der Waals surface area contributed by atoms with E-state index < -0.39 is 22.9 Å². The summed E-state index contributed by atoms with van der Waals surface area (Å²) in [5, 5.41) is 0. The lowest BCUT2D eigenvalue weighted by atomic mass is 9.47. The number of piperidine rings is 1. The highest BCUT2D eigenvalue weighted by molar-refractivity contribution is 5.94. The Balaban J connectivity index is 1.88. The van der Waals surface area contributed by atoms with Crippen molar-refractivity contribution in [2.24, 2.45) is 22.8 Å². The molecule has 0 aromatic carbocycles. The molecule has 0 spiro atoms. The smallest absolute Gasteiger partial charge is 0.244 e. The first kappa shape index (κ1) is 14.8. The number of primary amides is 1. The normalized spacial score (nSPS) is 41.3. The Hall–Kier alpha value is -1.14. The Kier molecular flexibility index (Phi) is 3.29. The molecular formula is C15H25N3O3. The number of rotatable bonds is 2. The Bertz CT molecular complexity index is 479. The van der Waals surface area contributed by atoms with Crippen LogP contribution < -0.4 is 11.5 Å². The number of amides is 2. The molecule has 6 nitrogen and oxygen atoms in total. The highest BCUT2D eigenvalue weighted by atomic mass is 16.5. The van der Waals surface area contributed by atoms with Crippen LogP contribution in [0.1, 0.15) is 39.5 Å². The number of hydrogen-bond donors (Lipinski definition) is 2. The van der Waals surface area contributed by atoms with Crippen LogP contribution >= 0.6 is 0 Å². The van der Waals surface area contributed by atoms with Crippen molar-refractivity contribution in [3.8, 4) is 0 Å². The van der Waals surface area contributed by atoms with Gasteiger partial charge in [-0.3, -0.25) is 9.59 Å². The Morgan fingerprint density at radius 1 is 1.24 bits per heavy atom. The van der Waals surface area contributed by atoms with Gasteiger partial charge in [0.25, 0.3) is 0 Å². The summed E-state index contributed by atoms with van der Waals surface area (Å²) in [5.74, 6) is -0.499. The highest BCUT2D eigenvalue weighted by Gasteiger charge is 2.72. The molecule has 3 aliphatic rings. The summed E-state index contributed by atoms with van der Waals surface area (Å²) in [6, 6.07) is -0.510. The average Bonchev–Trinajstić information content (AvgIpc) is 2.94. The van der Waals surface area contributed by atoms with Crippen LogP contribution in [0.5, 0.6) is 0 Å². The van der Waals surface area contributed by atoms with E-state index in [1.165, 1.54) is 0 Å². The van der Waals surface area contributed by atoms with Crippen molar-refractivity contribution < 1.29 is 14.3 Å². The van der Waals surface area contributed by atoms with Crippen LogP contribution in [0.25, 0.3) is 0 Å². The predicted molar refractivity (Wildman–Crippen MR) is 77.1 cm³/mol. The molecule has 3 fully saturated rings. The fraction of sp³-hybridized carbons (Fsp3) is 0.867. The van der Waals surface area contributed by atoms with E-state index in [1.807, 2.05) is 13.8 Å². The molecule has 4 unspecified atom stereocenters. The molecule has 0 bridgehead atoms. The van der Waals surface area contributed by atoms with Gasteiger partial charge >= 0.3 is 0 Å². The van der Waals surface area contributed by atoms with Crippen LogP contribution in [0.4, 0.5) is 0 Å². The van der Waals surface area contributed by atoms with Crippen molar-refractivity contribution in [3.05, 3.63) is 0 Å². The Labute approximate surface area is 125 Å². The number of fused-ring (bicyclic) bond motifs is 1. The highest BCUT2D eigenvalue weighted by Crippen LogP contribution is 2.58. The molecular weight excluding hydrogens is 270 g/mol. The van der Waals surface area contributed by atoms with Gasteiger partial charge in [0.2, 0.25) is 11.8 Å². The van der Waals surface area contributed by atoms with Gasteiger partial charge < -0.3 is 21.1 Å². The molecule has 1 aliphatic carbocycles. The standard InChI is InChI=1S/C15H25N3O3/c1-14(2)11-9(6-8-21-11)15(14,17)13(20)18-7-4-3-5-10(18)12(16)19/h9-11H,3-8,17H2,1-2H3,(H2,16,19). The predicted octanol–water partition coefficient (Wildman–Crippen LogP) is -0.00480. The summed E-state index contributed by atoms with van der Waals surface area (Å²) in [6.07, 6.45) is 3.32. The van der Waals surface area contributed by atoms with Gasteiger partial charge in [-0.15, -0.1) is 0 Å². The van der Waals surface area contributed by atoms with E-state index >= 15 is 0 Å². The van der Waals surface area contributed by atoms with Crippen molar-refractivity contribution >= 4 is 11.8 Å². The van der Waals surface area contributed by atoms with Crippen molar-refractivity contribution in [3.63, 3.8) is 0 Å². The van der Waals surface area contributed by atoms with Crippen LogP contribution in [0.3, 0.4) is 0 Å². The second-order valence-corrected chi connectivity index (χ2v) is 7.19. The van der Waals surface area contributed by atoms with Crippen LogP contribution in [0.15, 0.2) is 0 Å². The lowest BCUT2D eigenvalue weighted by Crippen LogP contribution is -2.81. The van der Waals surface area contributed by atoms with Crippen LogP contribution in [0, 0.1) is 11.3 Å². The molecule has 21 heavy (non-hydrogen) atoms. The van der Waals surface area contributed by atoms with Gasteiger partial charge in [0, 0.05) is 24.5 Å². The number of nitrogens with two attached hydrogens (primary N) is 2. The molecule has 2 aliphatic heterocycles. The largest absolute Gasteiger partial charge is 0.377 e. The molecule has 1 saturated carbocycles. The van der Waals surface area contributed by atoms with Gasteiger partial charge in [0.15, 0.2) is 0 Å². The third kappa shape index (κ3) is 1.78. The molecule has 0 aromatic heterocycles. The fourth-order valence-corrected chi connectivity index (χ4v) is 4.53. The Morgan fingerprint density at radius 2 is 1.95 bits per heavy atom. The zero-order chi connectivity index (χ0) is 15.4. The average molecular weight is 295 g/mol. The summed E-state index contributed by atoms with van der Waals surface area (Å²) >= 11 is 0. The number of hydrogen-bond acceptors (Lipinski definition) is 4. The van der Waals surface area contributed by atoms with E-state index in [0.29, 0.717) is 19.6 Å². The topological polar surface area (TPSA) is 98.7 Å². The summed E-state index contributed by atoms with van der Waals surface area (Å²) < 4.78 is 5.73. The van der Waals surface area contributed by atoms with Crippen molar-refractivity contribution in [2.75, 3.05) is 13.2 Å². The summed E-state index contributed by atoms with van der Waals surface area (Å²) in [5.41, 5.74) is 10.7. The summed E-state index contributed by atoms with van der Waals surface area (Å²) in [6.45, 7) is 5.20. The molecule has 0 aromatic rings. The van der Waals surface area contributed by atoms with E-state index in [4.69, 9.17) is 16.2 Å². The number of ether oxygens (including phenoxy) is 1. The lowest BCUT2D eigenvalue weighted by molar-refractivity contribution is -0.187. The van der Waals surface area contributed by atoms with Crippen LogP contribution in [-0.2, 0) is 14.3 Å². The second-order valence-electron chi connectivity index (χ2n) is 7.19. The van der Waals surface area contributed by atoms with Gasteiger partial charge in [-0.2, -0.15) is 0 Å². The Morgan fingerprint density at radius 3 is 2.62 bits per heavy atom. The zero-order valence-electron chi connectivity index (χ0n) is 12.8. The molecule has 2 saturated heterocycles. The van der Waals surface area contributed by atoms with E-state index in [-0.39, 0.29) is 17.9 Å². The fourth-order valence-electron chi connectivity index (χ4n) is 4.53. The quantitative estimate of drug-likeness (QED) is 0.749. The summed E-state index contributed by atoms with van der Waals surface area (Å²) in [4.78, 5) is 26.4. The van der Waals surface area contributed by atoms with Gasteiger partial charge in [-0.25, -0.2) is 0 Å². The number of carbonyl (C=O) groups is 2. The maximum Gasteiger partial charge on any atom is 0.244 e. The van der Waals surface area contributed by atoms with E-state index in [2.05, 4.69) is 0 Å². The first-order valence-corrected chi connectivity index (χ1v) is 7.82. The second kappa shape index (κ2) is 4.68. The van der Waals surface area contributed by atoms with Gasteiger partial charge in [-0.05, 0) is 25.7 Å². The van der Waals surface area contributed by atoms with Crippen molar-refractivity contribution in [1.82, 2.24) is 4.90 Å². The van der Waals surface area contributed by atoms with Gasteiger partial charge in [-0.1, -0.05) is 13.8 Å². The van der Waals surface area contributed by atoms with E-state index in [1.54, 1.807) is 4.90 Å². The first-order valence-electron chi connectivity index (χ1n) is 7.82.